The quantitative estimate of drug-likeness (QED) is 0.838. The number of fused-ring (bicyclic) bond motifs is 1. The van der Waals surface area contributed by atoms with Crippen molar-refractivity contribution in [2.24, 2.45) is 11.0 Å². The molecule has 0 spiro atoms. The van der Waals surface area contributed by atoms with Gasteiger partial charge in [0.1, 0.15) is 10.7 Å². The summed E-state index contributed by atoms with van der Waals surface area (Å²) in [4.78, 5) is 33.2. The third-order valence-corrected chi connectivity index (χ3v) is 5.60. The van der Waals surface area contributed by atoms with Gasteiger partial charge < -0.3 is 4.98 Å². The number of hydrogen-bond donors (Lipinski definition) is 2. The van der Waals surface area contributed by atoms with Crippen LogP contribution in [0.5, 0.6) is 0 Å². The van der Waals surface area contributed by atoms with E-state index >= 15 is 0 Å². The summed E-state index contributed by atoms with van der Waals surface area (Å²) in [5.74, 6) is 0.747. The van der Waals surface area contributed by atoms with Crippen LogP contribution >= 0.6 is 11.3 Å². The van der Waals surface area contributed by atoms with Crippen LogP contribution in [0.2, 0.25) is 0 Å². The second-order valence-electron chi connectivity index (χ2n) is 6.57. The Bertz CT molecular complexity index is 865. The van der Waals surface area contributed by atoms with E-state index in [-0.39, 0.29) is 17.9 Å². The van der Waals surface area contributed by atoms with Gasteiger partial charge in [-0.2, -0.15) is 5.10 Å². The molecule has 1 aliphatic carbocycles. The highest BCUT2D eigenvalue weighted by Crippen LogP contribution is 2.25. The lowest BCUT2D eigenvalue weighted by Crippen LogP contribution is -2.25. The fourth-order valence-electron chi connectivity index (χ4n) is 3.08. The number of thiophene rings is 1. The molecular weight excluding hydrogens is 324 g/mol. The summed E-state index contributed by atoms with van der Waals surface area (Å²) in [5.41, 5.74) is 4.41. The van der Waals surface area contributed by atoms with Gasteiger partial charge in [-0.15, -0.1) is 11.3 Å². The Labute approximate surface area is 144 Å². The highest BCUT2D eigenvalue weighted by molar-refractivity contribution is 7.18. The molecule has 1 atom stereocenters. The third-order valence-electron chi connectivity index (χ3n) is 4.50. The Balaban J connectivity index is 1.71. The van der Waals surface area contributed by atoms with Crippen molar-refractivity contribution < 1.29 is 4.79 Å². The minimum atomic E-state index is -0.256. The number of amides is 1. The first kappa shape index (κ1) is 16.8. The van der Waals surface area contributed by atoms with Crippen molar-refractivity contribution >= 4 is 33.2 Å². The smallest absolute Gasteiger partial charge is 0.259 e. The number of hydrogen-bond acceptors (Lipinski definition) is 5. The Morgan fingerprint density at radius 1 is 1.46 bits per heavy atom. The molecule has 6 nitrogen and oxygen atoms in total. The van der Waals surface area contributed by atoms with Crippen molar-refractivity contribution in [3.63, 3.8) is 0 Å². The zero-order chi connectivity index (χ0) is 17.3. The van der Waals surface area contributed by atoms with Crippen molar-refractivity contribution in [2.75, 3.05) is 0 Å². The second kappa shape index (κ2) is 6.84. The molecule has 0 bridgehead atoms. The fourth-order valence-corrected chi connectivity index (χ4v) is 4.13. The number of hydrazone groups is 1. The van der Waals surface area contributed by atoms with E-state index in [1.807, 2.05) is 13.8 Å². The van der Waals surface area contributed by atoms with Crippen molar-refractivity contribution in [3.8, 4) is 0 Å². The topological polar surface area (TPSA) is 87.2 Å². The maximum absolute atomic E-state index is 12.2. The number of aryl methyl sites for hydroxylation is 2. The van der Waals surface area contributed by atoms with Gasteiger partial charge in [-0.1, -0.05) is 6.92 Å². The summed E-state index contributed by atoms with van der Waals surface area (Å²) in [6.07, 6.45) is 4.25. The summed E-state index contributed by atoms with van der Waals surface area (Å²) < 4.78 is 0. The summed E-state index contributed by atoms with van der Waals surface area (Å²) in [7, 11) is 0. The molecule has 1 aliphatic rings. The predicted molar refractivity (Wildman–Crippen MR) is 96.6 cm³/mol. The van der Waals surface area contributed by atoms with E-state index in [2.05, 4.69) is 27.4 Å². The highest BCUT2D eigenvalue weighted by atomic mass is 32.1. The largest absolute Gasteiger partial charge is 0.309 e. The zero-order valence-corrected chi connectivity index (χ0v) is 15.0. The highest BCUT2D eigenvalue weighted by Gasteiger charge is 2.16. The van der Waals surface area contributed by atoms with Crippen LogP contribution in [0.4, 0.5) is 0 Å². The molecular formula is C17H22N4O2S. The van der Waals surface area contributed by atoms with E-state index in [0.717, 1.165) is 35.4 Å². The maximum atomic E-state index is 12.2. The van der Waals surface area contributed by atoms with Crippen LogP contribution in [-0.4, -0.2) is 21.6 Å². The van der Waals surface area contributed by atoms with Gasteiger partial charge in [-0.25, -0.2) is 10.4 Å². The maximum Gasteiger partial charge on any atom is 0.259 e. The molecule has 24 heavy (non-hydrogen) atoms. The molecule has 2 heterocycles. The second-order valence-corrected chi connectivity index (χ2v) is 7.77. The van der Waals surface area contributed by atoms with Crippen LogP contribution in [0.25, 0.3) is 10.2 Å². The lowest BCUT2D eigenvalue weighted by molar-refractivity contribution is -0.120. The lowest BCUT2D eigenvalue weighted by atomic mass is 9.89. The number of H-pyrrole nitrogens is 1. The standard InChI is InChI=1S/C17H22N4O2S/c1-9-5-4-6-12(7-9)20-21-14(22)8-13-18-16(23)15-10(2)11(3)24-17(15)19-13/h9H,4-8H2,1-3H3,(H,21,22)(H,18,19,23)/b20-12+/t9-/m1/s1. The molecule has 3 rings (SSSR count). The number of rotatable bonds is 3. The summed E-state index contributed by atoms with van der Waals surface area (Å²) in [6, 6.07) is 0. The Kier molecular flexibility index (Phi) is 4.80. The molecule has 1 amide bonds. The number of aromatic nitrogens is 2. The Morgan fingerprint density at radius 2 is 2.25 bits per heavy atom. The molecule has 1 saturated carbocycles. The Hall–Kier alpha value is -2.02. The number of carbonyl (C=O) groups excluding carboxylic acids is 1. The zero-order valence-electron chi connectivity index (χ0n) is 14.2. The van der Waals surface area contributed by atoms with Crippen molar-refractivity contribution in [1.82, 2.24) is 15.4 Å². The normalized spacial score (nSPS) is 19.8. The number of carbonyl (C=O) groups is 1. The molecule has 2 aromatic heterocycles. The summed E-state index contributed by atoms with van der Waals surface area (Å²) in [6.45, 7) is 6.08. The van der Waals surface area contributed by atoms with Gasteiger partial charge in [0.05, 0.1) is 11.8 Å². The van der Waals surface area contributed by atoms with E-state index in [4.69, 9.17) is 0 Å². The number of nitrogens with one attached hydrogen (secondary N) is 2. The first-order valence-corrected chi connectivity index (χ1v) is 9.09. The van der Waals surface area contributed by atoms with Gasteiger partial charge in [-0.05, 0) is 51.0 Å². The predicted octanol–water partition coefficient (Wildman–Crippen LogP) is 2.83. The molecule has 0 radical (unpaired) electrons. The molecule has 2 N–H and O–H groups in total. The third kappa shape index (κ3) is 3.56. The first-order valence-electron chi connectivity index (χ1n) is 8.27. The van der Waals surface area contributed by atoms with E-state index in [1.54, 1.807) is 0 Å². The van der Waals surface area contributed by atoms with Gasteiger partial charge in [-0.3, -0.25) is 9.59 Å². The van der Waals surface area contributed by atoms with E-state index in [1.165, 1.54) is 17.8 Å². The van der Waals surface area contributed by atoms with Crippen LogP contribution in [0, 0.1) is 19.8 Å². The van der Waals surface area contributed by atoms with E-state index < -0.39 is 0 Å². The molecule has 0 aromatic carbocycles. The van der Waals surface area contributed by atoms with Crippen LogP contribution in [0.3, 0.4) is 0 Å². The minimum absolute atomic E-state index is 0.0213. The summed E-state index contributed by atoms with van der Waals surface area (Å²) >= 11 is 1.48. The van der Waals surface area contributed by atoms with Gasteiger partial charge in [0, 0.05) is 10.6 Å². The number of aromatic amines is 1. The molecule has 2 aromatic rings. The van der Waals surface area contributed by atoms with E-state index in [9.17, 15) is 9.59 Å². The van der Waals surface area contributed by atoms with Gasteiger partial charge in [0.15, 0.2) is 0 Å². The molecule has 0 saturated heterocycles. The monoisotopic (exact) mass is 346 g/mol. The SMILES string of the molecule is Cc1sc2nc(CC(=O)N/N=C3\CCC[C@@H](C)C3)[nH]c(=O)c2c1C. The molecule has 1 fully saturated rings. The number of nitrogens with zero attached hydrogens (tertiary/aromatic N) is 2. The Morgan fingerprint density at radius 3 is 3.00 bits per heavy atom. The van der Waals surface area contributed by atoms with Crippen LogP contribution in [-0.2, 0) is 11.2 Å². The minimum Gasteiger partial charge on any atom is -0.309 e. The lowest BCUT2D eigenvalue weighted by Gasteiger charge is -2.18. The van der Waals surface area contributed by atoms with Crippen LogP contribution in [0.1, 0.15) is 48.9 Å². The van der Waals surface area contributed by atoms with Crippen molar-refractivity contribution in [3.05, 3.63) is 26.6 Å². The van der Waals surface area contributed by atoms with Gasteiger partial charge in [0.2, 0.25) is 5.91 Å². The summed E-state index contributed by atoms with van der Waals surface area (Å²) in [5, 5.41) is 4.86. The molecule has 0 aliphatic heterocycles. The van der Waals surface area contributed by atoms with Crippen molar-refractivity contribution in [2.45, 2.75) is 52.9 Å². The van der Waals surface area contributed by atoms with Crippen LogP contribution in [0.15, 0.2) is 9.90 Å². The molecule has 7 heteroatoms. The van der Waals surface area contributed by atoms with Gasteiger partial charge in [0.25, 0.3) is 5.56 Å². The molecule has 0 unspecified atom stereocenters. The average molecular weight is 346 g/mol. The van der Waals surface area contributed by atoms with Gasteiger partial charge >= 0.3 is 0 Å². The van der Waals surface area contributed by atoms with Crippen molar-refractivity contribution in [1.29, 1.82) is 0 Å². The fraction of sp³-hybridized carbons (Fsp3) is 0.529. The molecule has 128 valence electrons. The van der Waals surface area contributed by atoms with Crippen LogP contribution < -0.4 is 11.0 Å². The average Bonchev–Trinajstić information content (AvgIpc) is 2.80. The van der Waals surface area contributed by atoms with E-state index in [0.29, 0.717) is 22.0 Å². The first-order chi connectivity index (χ1) is 11.4.